The Morgan fingerprint density at radius 1 is 1.04 bits per heavy atom. The maximum atomic E-state index is 11.8. The van der Waals surface area contributed by atoms with E-state index >= 15 is 0 Å². The number of nitrogens with zero attached hydrogens (tertiary/aromatic N) is 1. The fourth-order valence-electron chi connectivity index (χ4n) is 2.05. The minimum absolute atomic E-state index is 0.0608. The van der Waals surface area contributed by atoms with Gasteiger partial charge in [0.1, 0.15) is 0 Å². The van der Waals surface area contributed by atoms with Gasteiger partial charge >= 0.3 is 0 Å². The van der Waals surface area contributed by atoms with Crippen LogP contribution in [0, 0.1) is 5.92 Å². The van der Waals surface area contributed by atoms with Crippen LogP contribution in [0.5, 0.6) is 0 Å². The lowest BCUT2D eigenvalue weighted by atomic mass is 9.99. The average molecular weight is 323 g/mol. The van der Waals surface area contributed by atoms with Crippen LogP contribution in [0.3, 0.4) is 0 Å². The number of aryl methyl sites for hydroxylation is 1. The molecule has 1 rings (SSSR count). The molecular weight excluding hydrogens is 284 g/mol. The van der Waals surface area contributed by atoms with Crippen LogP contribution < -0.4 is 5.84 Å². The Hall–Kier alpha value is -1.19. The number of carbonyl (C=O) groups excluding carboxylic acids is 1. The number of hydrazine groups is 1. The molecule has 0 bridgehead atoms. The second-order valence-electron chi connectivity index (χ2n) is 5.36. The Balaban J connectivity index is 0. The number of rotatable bonds is 8. The molecule has 0 spiro atoms. The van der Waals surface area contributed by atoms with Gasteiger partial charge in [-0.3, -0.25) is 10.6 Å². The number of Topliss-reactive ketones (excluding diaryl/α,β-unsaturated/α-hetero) is 1. The SMILES string of the molecule is CC.CC.CCCN(N)CCCc1ccc(C(=O)C(C)C)cc1. The number of carbonyl (C=O) groups is 1. The third-order valence-corrected chi connectivity index (χ3v) is 3.18. The molecular formula is C20H38N2O. The van der Waals surface area contributed by atoms with Crippen molar-refractivity contribution in [3.05, 3.63) is 35.4 Å². The predicted octanol–water partition coefficient (Wildman–Crippen LogP) is 5.10. The van der Waals surface area contributed by atoms with Crippen LogP contribution in [0.2, 0.25) is 0 Å². The van der Waals surface area contributed by atoms with Crippen LogP contribution in [-0.4, -0.2) is 23.9 Å². The maximum absolute atomic E-state index is 11.8. The van der Waals surface area contributed by atoms with Crippen molar-refractivity contribution in [2.24, 2.45) is 11.8 Å². The Kier molecular flexibility index (Phi) is 16.4. The molecule has 0 saturated carbocycles. The van der Waals surface area contributed by atoms with Crippen molar-refractivity contribution < 1.29 is 4.79 Å². The van der Waals surface area contributed by atoms with Gasteiger partial charge in [0.25, 0.3) is 0 Å². The van der Waals surface area contributed by atoms with E-state index < -0.39 is 0 Å². The van der Waals surface area contributed by atoms with E-state index in [4.69, 9.17) is 5.84 Å². The van der Waals surface area contributed by atoms with Crippen molar-refractivity contribution in [1.29, 1.82) is 0 Å². The lowest BCUT2D eigenvalue weighted by Crippen LogP contribution is -2.32. The molecule has 0 aliphatic heterocycles. The molecule has 0 heterocycles. The fourth-order valence-corrected chi connectivity index (χ4v) is 2.05. The summed E-state index contributed by atoms with van der Waals surface area (Å²) < 4.78 is 0. The summed E-state index contributed by atoms with van der Waals surface area (Å²) in [5.41, 5.74) is 2.08. The molecule has 0 saturated heterocycles. The van der Waals surface area contributed by atoms with E-state index in [1.807, 2.05) is 58.7 Å². The molecule has 3 nitrogen and oxygen atoms in total. The van der Waals surface area contributed by atoms with Crippen molar-refractivity contribution in [2.45, 2.75) is 67.7 Å². The van der Waals surface area contributed by atoms with Crippen molar-refractivity contribution in [2.75, 3.05) is 13.1 Å². The number of hydrogen-bond acceptors (Lipinski definition) is 3. The number of benzene rings is 1. The molecule has 1 aromatic carbocycles. The summed E-state index contributed by atoms with van der Waals surface area (Å²) in [6.45, 7) is 15.9. The summed E-state index contributed by atoms with van der Waals surface area (Å²) in [5.74, 6) is 6.11. The van der Waals surface area contributed by atoms with Crippen molar-refractivity contribution in [3.63, 3.8) is 0 Å². The molecule has 2 N–H and O–H groups in total. The number of hydrogen-bond donors (Lipinski definition) is 1. The van der Waals surface area contributed by atoms with E-state index in [1.165, 1.54) is 5.56 Å². The molecule has 0 radical (unpaired) electrons. The van der Waals surface area contributed by atoms with Crippen LogP contribution in [0.1, 0.15) is 77.2 Å². The van der Waals surface area contributed by atoms with E-state index in [9.17, 15) is 4.79 Å². The van der Waals surface area contributed by atoms with E-state index in [1.54, 1.807) is 0 Å². The van der Waals surface area contributed by atoms with Gasteiger partial charge in [0.2, 0.25) is 0 Å². The van der Waals surface area contributed by atoms with Gasteiger partial charge < -0.3 is 0 Å². The summed E-state index contributed by atoms with van der Waals surface area (Å²) in [6.07, 6.45) is 3.14. The van der Waals surface area contributed by atoms with Crippen molar-refractivity contribution >= 4 is 5.78 Å². The zero-order chi connectivity index (χ0) is 18.3. The Morgan fingerprint density at radius 2 is 1.57 bits per heavy atom. The third-order valence-electron chi connectivity index (χ3n) is 3.18. The van der Waals surface area contributed by atoms with Crippen molar-refractivity contribution in [3.8, 4) is 0 Å². The minimum atomic E-state index is 0.0608. The van der Waals surface area contributed by atoms with Crippen LogP contribution in [0.15, 0.2) is 24.3 Å². The lowest BCUT2D eigenvalue weighted by Gasteiger charge is -2.14. The molecule has 1 aromatic rings. The molecule has 0 fully saturated rings. The molecule has 0 atom stereocenters. The highest BCUT2D eigenvalue weighted by atomic mass is 16.1. The van der Waals surface area contributed by atoms with E-state index in [0.717, 1.165) is 37.9 Å². The Bertz CT molecular complexity index is 385. The number of ketones is 1. The highest BCUT2D eigenvalue weighted by Gasteiger charge is 2.09. The highest BCUT2D eigenvalue weighted by Crippen LogP contribution is 2.11. The summed E-state index contributed by atoms with van der Waals surface area (Å²) in [6, 6.07) is 7.97. The van der Waals surface area contributed by atoms with Gasteiger partial charge in [-0.1, -0.05) is 72.7 Å². The second kappa shape index (κ2) is 15.7. The molecule has 0 amide bonds. The third kappa shape index (κ3) is 11.1. The normalized spacial score (nSPS) is 9.83. The first-order chi connectivity index (χ1) is 11.0. The minimum Gasteiger partial charge on any atom is -0.294 e. The van der Waals surface area contributed by atoms with Gasteiger partial charge in [-0.25, -0.2) is 5.01 Å². The first kappa shape index (κ1) is 24.1. The van der Waals surface area contributed by atoms with Gasteiger partial charge in [-0.05, 0) is 24.8 Å². The van der Waals surface area contributed by atoms with Gasteiger partial charge in [-0.2, -0.15) is 0 Å². The Morgan fingerprint density at radius 3 is 2.00 bits per heavy atom. The van der Waals surface area contributed by atoms with E-state index in [0.29, 0.717) is 0 Å². The largest absolute Gasteiger partial charge is 0.294 e. The lowest BCUT2D eigenvalue weighted by molar-refractivity contribution is 0.0939. The highest BCUT2D eigenvalue weighted by molar-refractivity contribution is 5.97. The summed E-state index contributed by atoms with van der Waals surface area (Å²) >= 11 is 0. The van der Waals surface area contributed by atoms with Gasteiger partial charge in [0.05, 0.1) is 0 Å². The molecule has 23 heavy (non-hydrogen) atoms. The molecule has 3 heteroatoms. The van der Waals surface area contributed by atoms with E-state index in [-0.39, 0.29) is 11.7 Å². The summed E-state index contributed by atoms with van der Waals surface area (Å²) in [4.78, 5) is 11.8. The average Bonchev–Trinajstić information content (AvgIpc) is 2.58. The standard InChI is InChI=1S/C16H26N2O.2C2H6/c1-4-11-18(17)12-5-6-14-7-9-15(10-8-14)16(19)13(2)3;2*1-2/h7-10,13H,4-6,11-12,17H2,1-3H3;2*1-2H3. The fraction of sp³-hybridized carbons (Fsp3) is 0.650. The quantitative estimate of drug-likeness (QED) is 0.411. The van der Waals surface area contributed by atoms with Crippen molar-refractivity contribution in [1.82, 2.24) is 5.01 Å². The zero-order valence-corrected chi connectivity index (χ0v) is 16.4. The van der Waals surface area contributed by atoms with Gasteiger partial charge in [-0.15, -0.1) is 0 Å². The first-order valence-electron chi connectivity index (χ1n) is 9.17. The molecule has 0 unspecified atom stereocenters. The van der Waals surface area contributed by atoms with Gasteiger partial charge in [0, 0.05) is 24.6 Å². The molecule has 0 aromatic heterocycles. The molecule has 134 valence electrons. The second-order valence-corrected chi connectivity index (χ2v) is 5.36. The van der Waals surface area contributed by atoms with E-state index in [2.05, 4.69) is 19.1 Å². The topological polar surface area (TPSA) is 46.3 Å². The summed E-state index contributed by atoms with van der Waals surface area (Å²) in [5, 5.41) is 1.87. The Labute approximate surface area is 144 Å². The van der Waals surface area contributed by atoms with Crippen LogP contribution in [0.4, 0.5) is 0 Å². The molecule has 0 aliphatic rings. The smallest absolute Gasteiger partial charge is 0.165 e. The maximum Gasteiger partial charge on any atom is 0.165 e. The van der Waals surface area contributed by atoms with Crippen LogP contribution >= 0.6 is 0 Å². The first-order valence-corrected chi connectivity index (χ1v) is 9.17. The van der Waals surface area contributed by atoms with Gasteiger partial charge in [0.15, 0.2) is 5.78 Å². The van der Waals surface area contributed by atoms with Crippen LogP contribution in [-0.2, 0) is 6.42 Å². The predicted molar refractivity (Wildman–Crippen MR) is 103 cm³/mol. The zero-order valence-electron chi connectivity index (χ0n) is 16.4. The monoisotopic (exact) mass is 322 g/mol. The summed E-state index contributed by atoms with van der Waals surface area (Å²) in [7, 11) is 0. The number of nitrogens with two attached hydrogens (primary N) is 1. The molecule has 0 aliphatic carbocycles. The van der Waals surface area contributed by atoms with Crippen LogP contribution in [0.25, 0.3) is 0 Å².